The number of carbonyl (C=O) groups excluding carboxylic acids is 2. The van der Waals surface area contributed by atoms with Crippen LogP contribution in [0.25, 0.3) is 10.9 Å². The fourth-order valence-corrected chi connectivity index (χ4v) is 4.26. The van der Waals surface area contributed by atoms with Gasteiger partial charge < -0.3 is 15.2 Å². The molecular formula is C25H22FN3O2S. The van der Waals surface area contributed by atoms with Crippen LogP contribution >= 0.6 is 11.8 Å². The molecule has 0 aliphatic heterocycles. The fraction of sp³-hybridized carbons (Fsp3) is 0.120. The average Bonchev–Trinajstić information content (AvgIpc) is 3.17. The number of nitrogens with zero attached hydrogens (tertiary/aromatic N) is 1. The Morgan fingerprint density at radius 1 is 0.906 bits per heavy atom. The quantitative estimate of drug-likeness (QED) is 0.376. The van der Waals surface area contributed by atoms with Crippen molar-refractivity contribution >= 4 is 40.2 Å². The van der Waals surface area contributed by atoms with Crippen molar-refractivity contribution in [3.05, 3.63) is 96.4 Å². The molecule has 32 heavy (non-hydrogen) atoms. The summed E-state index contributed by atoms with van der Waals surface area (Å²) in [5.74, 6) is -0.372. The molecule has 1 heterocycles. The number of anilines is 1. The minimum absolute atomic E-state index is 0.103. The number of hydrogen-bond donors (Lipinski definition) is 2. The number of aromatic nitrogens is 1. The number of benzene rings is 3. The van der Waals surface area contributed by atoms with E-state index in [9.17, 15) is 14.0 Å². The van der Waals surface area contributed by atoms with Gasteiger partial charge in [-0.1, -0.05) is 36.4 Å². The lowest BCUT2D eigenvalue weighted by atomic mass is 10.2. The summed E-state index contributed by atoms with van der Waals surface area (Å²) in [5, 5.41) is 6.78. The topological polar surface area (TPSA) is 63.1 Å². The Hall–Kier alpha value is -3.58. The maximum absolute atomic E-state index is 13.0. The van der Waals surface area contributed by atoms with Crippen molar-refractivity contribution in [2.75, 3.05) is 17.6 Å². The van der Waals surface area contributed by atoms with E-state index in [4.69, 9.17) is 0 Å². The number of hydrogen-bond acceptors (Lipinski definition) is 3. The first-order chi connectivity index (χ1) is 15.6. The van der Waals surface area contributed by atoms with Gasteiger partial charge in [0.2, 0.25) is 5.91 Å². The standard InChI is InChI=1S/C25H22FN3O2S/c26-19-10-12-20(13-11-19)28-24(30)17-32-23-16-29(22-9-5-4-8-21(22)23)15-14-27-25(31)18-6-2-1-3-7-18/h1-13,16H,14-15,17H2,(H,27,31)(H,28,30). The van der Waals surface area contributed by atoms with Crippen LogP contribution in [0.4, 0.5) is 10.1 Å². The van der Waals surface area contributed by atoms with Crippen LogP contribution in [0.5, 0.6) is 0 Å². The number of fused-ring (bicyclic) bond motifs is 1. The van der Waals surface area contributed by atoms with E-state index in [0.29, 0.717) is 24.3 Å². The lowest BCUT2D eigenvalue weighted by molar-refractivity contribution is -0.113. The molecule has 162 valence electrons. The van der Waals surface area contributed by atoms with Crippen LogP contribution in [-0.2, 0) is 11.3 Å². The van der Waals surface area contributed by atoms with Gasteiger partial charge in [0.05, 0.1) is 5.75 Å². The number of carbonyl (C=O) groups is 2. The van der Waals surface area contributed by atoms with E-state index >= 15 is 0 Å². The maximum Gasteiger partial charge on any atom is 0.251 e. The highest BCUT2D eigenvalue weighted by atomic mass is 32.2. The van der Waals surface area contributed by atoms with E-state index in [1.165, 1.54) is 36.0 Å². The summed E-state index contributed by atoms with van der Waals surface area (Å²) >= 11 is 1.44. The van der Waals surface area contributed by atoms with Crippen molar-refractivity contribution in [1.29, 1.82) is 0 Å². The zero-order chi connectivity index (χ0) is 22.3. The van der Waals surface area contributed by atoms with Gasteiger partial charge in [0.1, 0.15) is 5.82 Å². The lowest BCUT2D eigenvalue weighted by Gasteiger charge is -2.07. The van der Waals surface area contributed by atoms with Crippen molar-refractivity contribution in [3.63, 3.8) is 0 Å². The van der Waals surface area contributed by atoms with Gasteiger partial charge in [0.15, 0.2) is 0 Å². The monoisotopic (exact) mass is 447 g/mol. The van der Waals surface area contributed by atoms with Crippen LogP contribution in [0.2, 0.25) is 0 Å². The molecule has 4 rings (SSSR count). The second-order valence-corrected chi connectivity index (χ2v) is 8.19. The predicted octanol–water partition coefficient (Wildman–Crippen LogP) is 4.94. The normalized spacial score (nSPS) is 10.8. The van der Waals surface area contributed by atoms with Crippen molar-refractivity contribution < 1.29 is 14.0 Å². The van der Waals surface area contributed by atoms with Crippen LogP contribution in [0.15, 0.2) is 90.0 Å². The Labute approximate surface area is 189 Å². The third-order valence-corrected chi connectivity index (χ3v) is 5.96. The van der Waals surface area contributed by atoms with Gasteiger partial charge in [-0.25, -0.2) is 4.39 Å². The summed E-state index contributed by atoms with van der Waals surface area (Å²) < 4.78 is 15.1. The molecule has 0 aliphatic carbocycles. The highest BCUT2D eigenvalue weighted by Crippen LogP contribution is 2.30. The van der Waals surface area contributed by atoms with E-state index in [1.807, 2.05) is 48.7 Å². The number of rotatable bonds is 8. The molecule has 0 radical (unpaired) electrons. The van der Waals surface area contributed by atoms with Gasteiger partial charge in [-0.2, -0.15) is 0 Å². The first kappa shape index (κ1) is 21.6. The number of amides is 2. The summed E-state index contributed by atoms with van der Waals surface area (Å²) in [6.07, 6.45) is 2.01. The van der Waals surface area contributed by atoms with Gasteiger partial charge in [0, 0.05) is 46.3 Å². The zero-order valence-electron chi connectivity index (χ0n) is 17.3. The first-order valence-corrected chi connectivity index (χ1v) is 11.2. The van der Waals surface area contributed by atoms with E-state index in [1.54, 1.807) is 12.1 Å². The molecule has 0 aliphatic rings. The van der Waals surface area contributed by atoms with Gasteiger partial charge in [-0.05, 0) is 42.5 Å². The number of halogens is 1. The summed E-state index contributed by atoms with van der Waals surface area (Å²) in [5.41, 5.74) is 2.24. The van der Waals surface area contributed by atoms with Crippen LogP contribution in [-0.4, -0.2) is 28.7 Å². The Morgan fingerprint density at radius 2 is 1.62 bits per heavy atom. The summed E-state index contributed by atoms with van der Waals surface area (Å²) in [6.45, 7) is 1.10. The third kappa shape index (κ3) is 5.36. The lowest BCUT2D eigenvalue weighted by Crippen LogP contribution is -2.26. The van der Waals surface area contributed by atoms with Crippen LogP contribution in [0, 0.1) is 5.82 Å². The molecule has 0 bridgehead atoms. The molecule has 0 atom stereocenters. The molecule has 0 fully saturated rings. The molecular weight excluding hydrogens is 425 g/mol. The van der Waals surface area contributed by atoms with Crippen LogP contribution in [0.3, 0.4) is 0 Å². The Bertz CT molecular complexity index is 1220. The highest BCUT2D eigenvalue weighted by molar-refractivity contribution is 8.00. The molecule has 0 spiro atoms. The van der Waals surface area contributed by atoms with Gasteiger partial charge in [0.25, 0.3) is 5.91 Å². The number of thioether (sulfide) groups is 1. The smallest absolute Gasteiger partial charge is 0.251 e. The highest BCUT2D eigenvalue weighted by Gasteiger charge is 2.12. The number of para-hydroxylation sites is 1. The summed E-state index contributed by atoms with van der Waals surface area (Å²) in [4.78, 5) is 25.6. The van der Waals surface area contributed by atoms with Crippen molar-refractivity contribution in [2.45, 2.75) is 11.4 Å². The minimum atomic E-state index is -0.342. The van der Waals surface area contributed by atoms with E-state index in [0.717, 1.165) is 15.8 Å². The molecule has 3 aromatic carbocycles. The van der Waals surface area contributed by atoms with Crippen LogP contribution in [0.1, 0.15) is 10.4 Å². The van der Waals surface area contributed by atoms with Crippen molar-refractivity contribution in [3.8, 4) is 0 Å². The van der Waals surface area contributed by atoms with Crippen molar-refractivity contribution in [1.82, 2.24) is 9.88 Å². The Balaban J connectivity index is 1.38. The first-order valence-electron chi connectivity index (χ1n) is 10.2. The zero-order valence-corrected chi connectivity index (χ0v) is 18.1. The second kappa shape index (κ2) is 10.2. The molecule has 7 heteroatoms. The molecule has 4 aromatic rings. The average molecular weight is 448 g/mol. The van der Waals surface area contributed by atoms with Gasteiger partial charge in [-0.3, -0.25) is 9.59 Å². The van der Waals surface area contributed by atoms with Gasteiger partial charge >= 0.3 is 0 Å². The van der Waals surface area contributed by atoms with Crippen LogP contribution < -0.4 is 10.6 Å². The van der Waals surface area contributed by atoms with E-state index in [2.05, 4.69) is 15.2 Å². The molecule has 0 saturated carbocycles. The fourth-order valence-electron chi connectivity index (χ4n) is 3.37. The SMILES string of the molecule is O=C(CSc1cn(CCNC(=O)c2ccccc2)c2ccccc12)Nc1ccc(F)cc1. The van der Waals surface area contributed by atoms with E-state index < -0.39 is 0 Å². The molecule has 1 aromatic heterocycles. The Morgan fingerprint density at radius 3 is 2.41 bits per heavy atom. The maximum atomic E-state index is 13.0. The summed E-state index contributed by atoms with van der Waals surface area (Å²) in [6, 6.07) is 22.8. The second-order valence-electron chi connectivity index (χ2n) is 7.17. The van der Waals surface area contributed by atoms with Crippen molar-refractivity contribution in [2.24, 2.45) is 0 Å². The third-order valence-electron chi connectivity index (χ3n) is 4.91. The molecule has 2 N–H and O–H groups in total. The Kier molecular flexibility index (Phi) is 6.87. The van der Waals surface area contributed by atoms with Gasteiger partial charge in [-0.15, -0.1) is 11.8 Å². The number of nitrogens with one attached hydrogen (secondary N) is 2. The summed E-state index contributed by atoms with van der Waals surface area (Å²) in [7, 11) is 0. The molecule has 2 amide bonds. The largest absolute Gasteiger partial charge is 0.350 e. The van der Waals surface area contributed by atoms with E-state index in [-0.39, 0.29) is 23.4 Å². The molecule has 0 saturated heterocycles. The molecule has 0 unspecified atom stereocenters. The predicted molar refractivity (Wildman–Crippen MR) is 126 cm³/mol. The molecule has 5 nitrogen and oxygen atoms in total. The minimum Gasteiger partial charge on any atom is -0.350 e.